The number of benzene rings is 2. The fraction of sp³-hybridized carbons (Fsp3) is 0.118. The van der Waals surface area contributed by atoms with Gasteiger partial charge in [-0.05, 0) is 55.0 Å². The molecule has 0 aliphatic rings. The highest BCUT2D eigenvalue weighted by atomic mass is 79.9. The highest BCUT2D eigenvalue weighted by Gasteiger charge is 2.14. The van der Waals surface area contributed by atoms with Crippen LogP contribution in [-0.4, -0.2) is 27.3 Å². The van der Waals surface area contributed by atoms with E-state index in [0.717, 1.165) is 10.0 Å². The van der Waals surface area contributed by atoms with Gasteiger partial charge in [0.15, 0.2) is 0 Å². The summed E-state index contributed by atoms with van der Waals surface area (Å²) in [4.78, 5) is 16.3. The first-order valence-electron chi connectivity index (χ1n) is 7.47. The van der Waals surface area contributed by atoms with Crippen molar-refractivity contribution < 1.29 is 18.3 Å². The maximum atomic E-state index is 12.3. The molecule has 0 radical (unpaired) electrons. The van der Waals surface area contributed by atoms with Crippen molar-refractivity contribution >= 4 is 27.5 Å². The second-order valence-corrected chi connectivity index (χ2v) is 6.21. The number of aryl methyl sites for hydroxylation is 1. The SMILES string of the molecule is Cc1cc(Br)ccc1NC(=O)c1ncn(-c2ccc(OC(F)F)cc2)n1. The number of nitrogens with zero attached hydrogens (tertiary/aromatic N) is 3. The van der Waals surface area contributed by atoms with Crippen molar-refractivity contribution in [3.05, 3.63) is 64.7 Å². The molecule has 2 aromatic carbocycles. The van der Waals surface area contributed by atoms with Crippen LogP contribution in [0.1, 0.15) is 16.2 Å². The zero-order chi connectivity index (χ0) is 18.7. The summed E-state index contributed by atoms with van der Waals surface area (Å²) in [6.45, 7) is -1.01. The lowest BCUT2D eigenvalue weighted by Crippen LogP contribution is -2.15. The van der Waals surface area contributed by atoms with Crippen molar-refractivity contribution in [2.75, 3.05) is 5.32 Å². The molecule has 0 saturated heterocycles. The van der Waals surface area contributed by atoms with Crippen LogP contribution in [0.15, 0.2) is 53.3 Å². The number of carbonyl (C=O) groups excluding carboxylic acids is 1. The van der Waals surface area contributed by atoms with E-state index >= 15 is 0 Å². The number of rotatable bonds is 5. The third kappa shape index (κ3) is 4.23. The van der Waals surface area contributed by atoms with Crippen LogP contribution in [0.5, 0.6) is 5.75 Å². The van der Waals surface area contributed by atoms with Gasteiger partial charge < -0.3 is 10.1 Å². The Labute approximate surface area is 155 Å². The minimum atomic E-state index is -2.88. The van der Waals surface area contributed by atoms with Gasteiger partial charge >= 0.3 is 6.61 Å². The number of alkyl halides is 2. The second kappa shape index (κ2) is 7.61. The highest BCUT2D eigenvalue weighted by Crippen LogP contribution is 2.21. The first-order valence-corrected chi connectivity index (χ1v) is 8.26. The monoisotopic (exact) mass is 422 g/mol. The molecule has 26 heavy (non-hydrogen) atoms. The molecule has 9 heteroatoms. The summed E-state index contributed by atoms with van der Waals surface area (Å²) in [6.07, 6.45) is 1.37. The average Bonchev–Trinajstić information content (AvgIpc) is 3.08. The standard InChI is InChI=1S/C17H13BrF2N4O2/c1-10-8-11(18)2-7-14(10)22-16(25)15-21-9-24(23-15)12-3-5-13(6-4-12)26-17(19)20/h2-9,17H,1H3,(H,22,25). The molecule has 6 nitrogen and oxygen atoms in total. The van der Waals surface area contributed by atoms with Crippen LogP contribution in [-0.2, 0) is 0 Å². The molecular weight excluding hydrogens is 410 g/mol. The number of aromatic nitrogens is 3. The summed E-state index contributed by atoms with van der Waals surface area (Å²) >= 11 is 3.36. The smallest absolute Gasteiger partial charge is 0.387 e. The molecule has 0 aliphatic heterocycles. The highest BCUT2D eigenvalue weighted by molar-refractivity contribution is 9.10. The van der Waals surface area contributed by atoms with Crippen molar-refractivity contribution in [2.24, 2.45) is 0 Å². The van der Waals surface area contributed by atoms with Crippen LogP contribution in [0.3, 0.4) is 0 Å². The maximum absolute atomic E-state index is 12.3. The van der Waals surface area contributed by atoms with E-state index in [2.05, 4.69) is 36.1 Å². The van der Waals surface area contributed by atoms with Gasteiger partial charge in [0.2, 0.25) is 5.82 Å². The zero-order valence-corrected chi connectivity index (χ0v) is 15.1. The summed E-state index contributed by atoms with van der Waals surface area (Å²) in [5.41, 5.74) is 2.10. The van der Waals surface area contributed by atoms with Crippen molar-refractivity contribution in [1.29, 1.82) is 0 Å². The summed E-state index contributed by atoms with van der Waals surface area (Å²) < 4.78 is 30.9. The van der Waals surface area contributed by atoms with Gasteiger partial charge in [-0.2, -0.15) is 8.78 Å². The maximum Gasteiger partial charge on any atom is 0.387 e. The van der Waals surface area contributed by atoms with E-state index in [4.69, 9.17) is 0 Å². The molecule has 1 aromatic heterocycles. The minimum absolute atomic E-state index is 0.0137. The Morgan fingerprint density at radius 3 is 2.62 bits per heavy atom. The molecule has 3 aromatic rings. The molecule has 0 aliphatic carbocycles. The number of ether oxygens (including phenoxy) is 1. The lowest BCUT2D eigenvalue weighted by Gasteiger charge is -2.07. The third-order valence-corrected chi connectivity index (χ3v) is 3.95. The molecule has 134 valence electrons. The number of anilines is 1. The zero-order valence-electron chi connectivity index (χ0n) is 13.5. The van der Waals surface area contributed by atoms with Crippen LogP contribution in [0, 0.1) is 6.92 Å². The van der Waals surface area contributed by atoms with Crippen LogP contribution in [0.4, 0.5) is 14.5 Å². The second-order valence-electron chi connectivity index (χ2n) is 5.30. The van der Waals surface area contributed by atoms with Gasteiger partial charge in [-0.1, -0.05) is 15.9 Å². The van der Waals surface area contributed by atoms with Gasteiger partial charge in [0.25, 0.3) is 5.91 Å². The molecular formula is C17H13BrF2N4O2. The lowest BCUT2D eigenvalue weighted by molar-refractivity contribution is -0.0498. The Hall–Kier alpha value is -2.81. The molecule has 0 fully saturated rings. The number of halogens is 3. The molecule has 0 saturated carbocycles. The molecule has 1 N–H and O–H groups in total. The van der Waals surface area contributed by atoms with Gasteiger partial charge in [0.1, 0.15) is 12.1 Å². The van der Waals surface area contributed by atoms with Gasteiger partial charge in [-0.15, -0.1) is 5.10 Å². The Morgan fingerprint density at radius 2 is 1.96 bits per heavy atom. The predicted octanol–water partition coefficient (Wildman–Crippen LogP) is 4.19. The molecule has 3 rings (SSSR count). The summed E-state index contributed by atoms with van der Waals surface area (Å²) in [5, 5.41) is 6.86. The van der Waals surface area contributed by atoms with Gasteiger partial charge in [-0.25, -0.2) is 9.67 Å². The number of amides is 1. The van der Waals surface area contributed by atoms with Crippen LogP contribution < -0.4 is 10.1 Å². The van der Waals surface area contributed by atoms with Crippen LogP contribution >= 0.6 is 15.9 Å². The number of hydrogen-bond acceptors (Lipinski definition) is 4. The topological polar surface area (TPSA) is 69.0 Å². The first kappa shape index (κ1) is 18.0. The molecule has 1 amide bonds. The fourth-order valence-electron chi connectivity index (χ4n) is 2.22. The number of hydrogen-bond donors (Lipinski definition) is 1. The Morgan fingerprint density at radius 1 is 1.23 bits per heavy atom. The van der Waals surface area contributed by atoms with Crippen LogP contribution in [0.2, 0.25) is 0 Å². The van der Waals surface area contributed by atoms with Gasteiger partial charge in [-0.3, -0.25) is 4.79 Å². The van der Waals surface area contributed by atoms with Crippen molar-refractivity contribution in [1.82, 2.24) is 14.8 Å². The van der Waals surface area contributed by atoms with Gasteiger partial charge in [0, 0.05) is 10.2 Å². The molecule has 0 spiro atoms. The van der Waals surface area contributed by atoms with E-state index in [-0.39, 0.29) is 11.6 Å². The van der Waals surface area contributed by atoms with Crippen molar-refractivity contribution in [2.45, 2.75) is 13.5 Å². The Bertz CT molecular complexity index is 929. The van der Waals surface area contributed by atoms with Gasteiger partial charge in [0.05, 0.1) is 5.69 Å². The molecule has 1 heterocycles. The molecule has 0 bridgehead atoms. The third-order valence-electron chi connectivity index (χ3n) is 3.46. The number of nitrogens with one attached hydrogen (secondary N) is 1. The summed E-state index contributed by atoms with van der Waals surface area (Å²) in [6, 6.07) is 11.3. The largest absolute Gasteiger partial charge is 0.435 e. The van der Waals surface area contributed by atoms with Crippen molar-refractivity contribution in [3.8, 4) is 11.4 Å². The Balaban J connectivity index is 1.73. The summed E-state index contributed by atoms with van der Waals surface area (Å²) in [7, 11) is 0. The van der Waals surface area contributed by atoms with E-state index in [0.29, 0.717) is 11.4 Å². The average molecular weight is 423 g/mol. The summed E-state index contributed by atoms with van der Waals surface area (Å²) in [5.74, 6) is -0.431. The van der Waals surface area contributed by atoms with E-state index < -0.39 is 12.5 Å². The minimum Gasteiger partial charge on any atom is -0.435 e. The fourth-order valence-corrected chi connectivity index (χ4v) is 2.69. The van der Waals surface area contributed by atoms with E-state index in [1.807, 2.05) is 19.1 Å². The predicted molar refractivity (Wildman–Crippen MR) is 94.8 cm³/mol. The van der Waals surface area contributed by atoms with E-state index in [1.165, 1.54) is 35.3 Å². The quantitative estimate of drug-likeness (QED) is 0.668. The normalized spacial score (nSPS) is 10.8. The lowest BCUT2D eigenvalue weighted by atomic mass is 10.2. The van der Waals surface area contributed by atoms with E-state index in [1.54, 1.807) is 6.07 Å². The molecule has 0 unspecified atom stereocenters. The number of carbonyl (C=O) groups is 1. The van der Waals surface area contributed by atoms with Crippen LogP contribution in [0.25, 0.3) is 5.69 Å². The van der Waals surface area contributed by atoms with E-state index in [9.17, 15) is 13.6 Å². The van der Waals surface area contributed by atoms with Crippen molar-refractivity contribution in [3.63, 3.8) is 0 Å². The molecule has 0 atom stereocenters. The first-order chi connectivity index (χ1) is 12.4. The Kier molecular flexibility index (Phi) is 5.27.